The molecule has 4 nitrogen and oxygen atoms in total. The van der Waals surface area contributed by atoms with Gasteiger partial charge in [0.15, 0.2) is 0 Å². The average molecular weight is 190 g/mol. The van der Waals surface area contributed by atoms with Gasteiger partial charge in [-0.3, -0.25) is 4.79 Å². The number of carbonyl (C=O) groups is 1. The first-order valence-electron chi connectivity index (χ1n) is 3.54. The molecule has 1 atom stereocenters. The molecule has 0 fully saturated rings. The minimum Gasteiger partial charge on any atom is -0.392 e. The summed E-state index contributed by atoms with van der Waals surface area (Å²) < 4.78 is 4.68. The van der Waals surface area contributed by atoms with E-state index in [4.69, 9.17) is 18.0 Å². The molecule has 0 saturated carbocycles. The van der Waals surface area contributed by atoms with Crippen LogP contribution in [0, 0.1) is 0 Å². The summed E-state index contributed by atoms with van der Waals surface area (Å²) in [5.74, 6) is -0.127. The lowest BCUT2D eigenvalue weighted by atomic mass is 10.3. The quantitative estimate of drug-likeness (QED) is 0.622. The number of thiocarbonyl (C=S) groups is 1. The van der Waals surface area contributed by atoms with Gasteiger partial charge in [0.1, 0.15) is 6.61 Å². The van der Waals surface area contributed by atoms with E-state index in [1.165, 1.54) is 12.0 Å². The topological polar surface area (TPSA) is 55.6 Å². The van der Waals surface area contributed by atoms with Crippen molar-refractivity contribution in [1.82, 2.24) is 4.90 Å². The van der Waals surface area contributed by atoms with E-state index in [1.807, 2.05) is 0 Å². The Kier molecular flexibility index (Phi) is 4.77. The molecule has 0 saturated heterocycles. The second-order valence-corrected chi connectivity index (χ2v) is 2.99. The highest BCUT2D eigenvalue weighted by Crippen LogP contribution is 1.96. The number of hydrogen-bond donors (Lipinski definition) is 1. The van der Waals surface area contributed by atoms with Crippen LogP contribution in [0.15, 0.2) is 0 Å². The number of ether oxygens (including phenoxy) is 1. The smallest absolute Gasteiger partial charge is 0.248 e. The van der Waals surface area contributed by atoms with Gasteiger partial charge in [-0.15, -0.1) is 0 Å². The summed E-state index contributed by atoms with van der Waals surface area (Å²) >= 11 is 4.74. The molecule has 0 aliphatic rings. The van der Waals surface area contributed by atoms with Crippen molar-refractivity contribution in [1.29, 1.82) is 0 Å². The lowest BCUT2D eigenvalue weighted by Gasteiger charge is -2.23. The van der Waals surface area contributed by atoms with Crippen LogP contribution in [0.3, 0.4) is 0 Å². The summed E-state index contributed by atoms with van der Waals surface area (Å²) in [5.41, 5.74) is 5.37. The van der Waals surface area contributed by atoms with Gasteiger partial charge in [-0.25, -0.2) is 0 Å². The first-order valence-corrected chi connectivity index (χ1v) is 3.95. The molecule has 0 aliphatic heterocycles. The molecule has 12 heavy (non-hydrogen) atoms. The molecule has 0 radical (unpaired) electrons. The van der Waals surface area contributed by atoms with E-state index < -0.39 is 0 Å². The SMILES string of the molecule is COCC(=O)N(C)C(C)C(N)=S. The van der Waals surface area contributed by atoms with Gasteiger partial charge < -0.3 is 15.4 Å². The van der Waals surface area contributed by atoms with E-state index in [2.05, 4.69) is 4.74 Å². The van der Waals surface area contributed by atoms with Crippen molar-refractivity contribution in [3.8, 4) is 0 Å². The van der Waals surface area contributed by atoms with Gasteiger partial charge in [0.25, 0.3) is 0 Å². The highest BCUT2D eigenvalue weighted by atomic mass is 32.1. The molecule has 1 amide bonds. The number of amides is 1. The first kappa shape index (κ1) is 11.3. The molecule has 0 aromatic rings. The highest BCUT2D eigenvalue weighted by Gasteiger charge is 2.16. The van der Waals surface area contributed by atoms with Crippen molar-refractivity contribution < 1.29 is 9.53 Å². The number of carbonyl (C=O) groups excluding carboxylic acids is 1. The molecule has 0 heterocycles. The average Bonchev–Trinajstić information content (AvgIpc) is 2.02. The molecule has 5 heteroatoms. The molecular weight excluding hydrogens is 176 g/mol. The second kappa shape index (κ2) is 5.05. The molecule has 0 aromatic heterocycles. The molecule has 1 unspecified atom stereocenters. The number of nitrogens with zero attached hydrogens (tertiary/aromatic N) is 1. The van der Waals surface area contributed by atoms with E-state index in [-0.39, 0.29) is 18.6 Å². The van der Waals surface area contributed by atoms with Crippen LogP contribution in [0.1, 0.15) is 6.92 Å². The van der Waals surface area contributed by atoms with Crippen LogP contribution in [0.5, 0.6) is 0 Å². The minimum atomic E-state index is -0.220. The van der Waals surface area contributed by atoms with Crippen LogP contribution < -0.4 is 5.73 Å². The van der Waals surface area contributed by atoms with Crippen molar-refractivity contribution in [2.24, 2.45) is 5.73 Å². The van der Waals surface area contributed by atoms with E-state index >= 15 is 0 Å². The number of hydrogen-bond acceptors (Lipinski definition) is 3. The van der Waals surface area contributed by atoms with Crippen LogP contribution in [0.2, 0.25) is 0 Å². The van der Waals surface area contributed by atoms with Crippen LogP contribution in [-0.4, -0.2) is 42.6 Å². The summed E-state index contributed by atoms with van der Waals surface area (Å²) in [6.07, 6.45) is 0. The molecule has 0 aromatic carbocycles. The molecule has 0 aliphatic carbocycles. The minimum absolute atomic E-state index is 0.0590. The maximum atomic E-state index is 11.2. The van der Waals surface area contributed by atoms with Gasteiger partial charge in [0.2, 0.25) is 5.91 Å². The zero-order valence-corrected chi connectivity index (χ0v) is 8.35. The Morgan fingerprint density at radius 2 is 2.25 bits per heavy atom. The highest BCUT2D eigenvalue weighted by molar-refractivity contribution is 7.80. The number of methoxy groups -OCH3 is 1. The fourth-order valence-corrected chi connectivity index (χ4v) is 0.790. The van der Waals surface area contributed by atoms with Gasteiger partial charge in [-0.1, -0.05) is 12.2 Å². The van der Waals surface area contributed by atoms with Gasteiger partial charge >= 0.3 is 0 Å². The maximum Gasteiger partial charge on any atom is 0.248 e. The first-order chi connectivity index (χ1) is 5.50. The third-order valence-electron chi connectivity index (χ3n) is 1.65. The number of nitrogens with two attached hydrogens (primary N) is 1. The second-order valence-electron chi connectivity index (χ2n) is 2.52. The van der Waals surface area contributed by atoms with Gasteiger partial charge in [-0.05, 0) is 6.92 Å². The molecular formula is C7H14N2O2S. The van der Waals surface area contributed by atoms with Crippen molar-refractivity contribution in [2.45, 2.75) is 13.0 Å². The molecule has 0 bridgehead atoms. The Balaban J connectivity index is 4.09. The monoisotopic (exact) mass is 190 g/mol. The Morgan fingerprint density at radius 3 is 2.58 bits per heavy atom. The summed E-state index contributed by atoms with van der Waals surface area (Å²) in [6.45, 7) is 1.83. The van der Waals surface area contributed by atoms with E-state index in [0.717, 1.165) is 0 Å². The van der Waals surface area contributed by atoms with Crippen LogP contribution in [0.4, 0.5) is 0 Å². The Morgan fingerprint density at radius 1 is 1.75 bits per heavy atom. The fourth-order valence-electron chi connectivity index (χ4n) is 0.632. The van der Waals surface area contributed by atoms with Crippen LogP contribution in [-0.2, 0) is 9.53 Å². The molecule has 70 valence electrons. The predicted octanol–water partition coefficient (Wildman–Crippen LogP) is -0.234. The summed E-state index contributed by atoms with van der Waals surface area (Å²) in [7, 11) is 3.11. The number of rotatable bonds is 4. The number of likely N-dealkylation sites (N-methyl/N-ethyl adjacent to an activating group) is 1. The Hall–Kier alpha value is -0.680. The molecule has 0 spiro atoms. The lowest BCUT2D eigenvalue weighted by molar-refractivity contribution is -0.134. The molecule has 0 rings (SSSR count). The van der Waals surface area contributed by atoms with Crippen molar-refractivity contribution >= 4 is 23.1 Å². The van der Waals surface area contributed by atoms with E-state index in [0.29, 0.717) is 4.99 Å². The van der Waals surface area contributed by atoms with Crippen LogP contribution in [0.25, 0.3) is 0 Å². The maximum absolute atomic E-state index is 11.2. The summed E-state index contributed by atoms with van der Waals surface area (Å²) in [6, 6.07) is -0.220. The zero-order chi connectivity index (χ0) is 9.72. The Labute approximate surface area is 77.7 Å². The Bertz CT molecular complexity index is 184. The van der Waals surface area contributed by atoms with E-state index in [1.54, 1.807) is 14.0 Å². The summed E-state index contributed by atoms with van der Waals surface area (Å²) in [5, 5.41) is 0. The normalized spacial score (nSPS) is 12.2. The fraction of sp³-hybridized carbons (Fsp3) is 0.714. The molecule has 2 N–H and O–H groups in total. The third kappa shape index (κ3) is 3.15. The van der Waals surface area contributed by atoms with Gasteiger partial charge in [-0.2, -0.15) is 0 Å². The standard InChI is InChI=1S/C7H14N2O2S/c1-5(7(8)12)9(2)6(10)4-11-3/h5H,4H2,1-3H3,(H2,8,12). The predicted molar refractivity (Wildman–Crippen MR) is 50.9 cm³/mol. The van der Waals surface area contributed by atoms with Gasteiger partial charge in [0.05, 0.1) is 11.0 Å². The van der Waals surface area contributed by atoms with Crippen molar-refractivity contribution in [3.63, 3.8) is 0 Å². The zero-order valence-electron chi connectivity index (χ0n) is 7.53. The van der Waals surface area contributed by atoms with Crippen molar-refractivity contribution in [3.05, 3.63) is 0 Å². The van der Waals surface area contributed by atoms with Crippen molar-refractivity contribution in [2.75, 3.05) is 20.8 Å². The largest absolute Gasteiger partial charge is 0.392 e. The summed E-state index contributed by atoms with van der Waals surface area (Å²) in [4.78, 5) is 12.9. The lowest BCUT2D eigenvalue weighted by Crippen LogP contribution is -2.44. The van der Waals surface area contributed by atoms with Gasteiger partial charge in [0, 0.05) is 14.2 Å². The van der Waals surface area contributed by atoms with E-state index in [9.17, 15) is 4.79 Å². The van der Waals surface area contributed by atoms with Crippen LogP contribution >= 0.6 is 12.2 Å². The third-order valence-corrected chi connectivity index (χ3v) is 2.00.